The Morgan fingerprint density at radius 3 is 2.81 bits per heavy atom. The van der Waals surface area contributed by atoms with Gasteiger partial charge in [0.15, 0.2) is 0 Å². The Labute approximate surface area is 188 Å². The number of anilines is 3. The molecule has 0 fully saturated rings. The van der Waals surface area contributed by atoms with Crippen molar-refractivity contribution in [2.75, 3.05) is 38.4 Å². The summed E-state index contributed by atoms with van der Waals surface area (Å²) in [5.74, 6) is 0.732. The van der Waals surface area contributed by atoms with E-state index in [2.05, 4.69) is 25.7 Å². The quantitative estimate of drug-likeness (QED) is 0.330. The number of rotatable bonds is 9. The number of carbonyl (C=O) groups excluding carboxylic acids is 1. The van der Waals surface area contributed by atoms with Gasteiger partial charge >= 0.3 is 0 Å². The molecular weight excluding hydrogens is 430 g/mol. The second-order valence-corrected chi connectivity index (χ2v) is 7.82. The first-order valence-electron chi connectivity index (χ1n) is 9.89. The van der Waals surface area contributed by atoms with Crippen LogP contribution in [0.5, 0.6) is 5.75 Å². The van der Waals surface area contributed by atoms with Crippen LogP contribution in [0.4, 0.5) is 17.6 Å². The second kappa shape index (κ2) is 9.62. The number of hydrogen-bond acceptors (Lipinski definition) is 9. The van der Waals surface area contributed by atoms with Gasteiger partial charge in [0.2, 0.25) is 17.0 Å². The highest BCUT2D eigenvalue weighted by atomic mass is 32.1. The van der Waals surface area contributed by atoms with Crippen molar-refractivity contribution >= 4 is 45.0 Å². The van der Waals surface area contributed by atoms with E-state index in [0.29, 0.717) is 41.2 Å². The van der Waals surface area contributed by atoms with Gasteiger partial charge in [-0.2, -0.15) is 9.67 Å². The maximum Gasteiger partial charge on any atom is 0.255 e. The molecule has 0 aliphatic heterocycles. The maximum absolute atomic E-state index is 12.4. The van der Waals surface area contributed by atoms with Crippen molar-refractivity contribution in [3.8, 4) is 10.9 Å². The lowest BCUT2D eigenvalue weighted by Gasteiger charge is -2.11. The van der Waals surface area contributed by atoms with Crippen molar-refractivity contribution in [1.82, 2.24) is 25.1 Å². The summed E-state index contributed by atoms with van der Waals surface area (Å²) < 4.78 is 12.9. The van der Waals surface area contributed by atoms with Gasteiger partial charge in [0.25, 0.3) is 5.91 Å². The molecule has 0 aliphatic carbocycles. The summed E-state index contributed by atoms with van der Waals surface area (Å²) >= 11 is 1.47. The molecule has 1 amide bonds. The van der Waals surface area contributed by atoms with E-state index in [1.54, 1.807) is 25.3 Å². The molecule has 0 radical (unpaired) electrons. The number of amides is 1. The first-order valence-corrected chi connectivity index (χ1v) is 10.7. The summed E-state index contributed by atoms with van der Waals surface area (Å²) in [6, 6.07) is 13.0. The van der Waals surface area contributed by atoms with Crippen molar-refractivity contribution in [1.29, 1.82) is 0 Å². The summed E-state index contributed by atoms with van der Waals surface area (Å²) in [5, 5.41) is 11.0. The van der Waals surface area contributed by atoms with Crippen molar-refractivity contribution < 1.29 is 14.3 Å². The highest BCUT2D eigenvalue weighted by molar-refractivity contribution is 7.20. The van der Waals surface area contributed by atoms with Crippen LogP contribution in [0.3, 0.4) is 0 Å². The van der Waals surface area contributed by atoms with Gasteiger partial charge in [0.1, 0.15) is 5.75 Å². The number of fused-ring (bicyclic) bond motifs is 1. The average Bonchev–Trinajstić information content (AvgIpc) is 3.39. The number of nitrogen functional groups attached to an aromatic ring is 1. The number of nitrogens with zero attached hydrogens (tertiary/aromatic N) is 4. The number of benzene rings is 2. The van der Waals surface area contributed by atoms with Crippen molar-refractivity contribution in [3.05, 3.63) is 48.0 Å². The molecule has 166 valence electrons. The maximum atomic E-state index is 12.4. The van der Waals surface area contributed by atoms with Crippen LogP contribution in [-0.4, -0.2) is 53.0 Å². The molecule has 2 aromatic heterocycles. The highest BCUT2D eigenvalue weighted by Crippen LogP contribution is 2.28. The number of nitrogens with two attached hydrogens (primary N) is 1. The molecule has 4 N–H and O–H groups in total. The number of thiazole rings is 1. The minimum absolute atomic E-state index is 0.213. The van der Waals surface area contributed by atoms with Crippen LogP contribution in [0.15, 0.2) is 42.5 Å². The molecule has 2 aromatic carbocycles. The number of carbonyl (C=O) groups is 1. The Bertz CT molecular complexity index is 1200. The minimum atomic E-state index is -0.216. The zero-order valence-corrected chi connectivity index (χ0v) is 18.5. The van der Waals surface area contributed by atoms with E-state index < -0.39 is 0 Å². The predicted molar refractivity (Wildman–Crippen MR) is 124 cm³/mol. The molecule has 0 atom stereocenters. The summed E-state index contributed by atoms with van der Waals surface area (Å²) in [6.07, 6.45) is 0.731. The van der Waals surface area contributed by atoms with Crippen LogP contribution in [-0.2, 0) is 4.74 Å². The molecule has 32 heavy (non-hydrogen) atoms. The van der Waals surface area contributed by atoms with Gasteiger partial charge in [-0.25, -0.2) is 4.98 Å². The molecule has 0 saturated carbocycles. The Balaban J connectivity index is 1.50. The molecule has 0 aliphatic rings. The molecule has 11 heteroatoms. The van der Waals surface area contributed by atoms with Crippen molar-refractivity contribution in [2.45, 2.75) is 6.42 Å². The fourth-order valence-corrected chi connectivity index (χ4v) is 3.99. The molecule has 0 saturated heterocycles. The standard InChI is InChI=1S/C21H23N7O3S/c1-30-11-5-10-23-18(29)14-9-8-13(12-16(14)31-2)24-20-26-19(22)28(27-20)21-25-15-6-3-4-7-17(15)32-21/h3-4,6-9,12H,5,10-11H2,1-2H3,(H,23,29)(H3,22,24,26,27). The number of ether oxygens (including phenoxy) is 2. The number of methoxy groups -OCH3 is 2. The van der Waals surface area contributed by atoms with Crippen LogP contribution < -0.4 is 21.1 Å². The fraction of sp³-hybridized carbons (Fsp3) is 0.238. The molecule has 0 spiro atoms. The molecule has 0 unspecified atom stereocenters. The van der Waals surface area contributed by atoms with Crippen LogP contribution >= 0.6 is 11.3 Å². The molecular formula is C21H23N7O3S. The Hall–Kier alpha value is -3.70. The van der Waals surface area contributed by atoms with E-state index in [1.165, 1.54) is 23.1 Å². The van der Waals surface area contributed by atoms with Gasteiger partial charge in [0.05, 0.1) is 22.9 Å². The number of para-hydroxylation sites is 1. The van der Waals surface area contributed by atoms with E-state index in [4.69, 9.17) is 15.2 Å². The third-order valence-electron chi connectivity index (χ3n) is 4.61. The summed E-state index contributed by atoms with van der Waals surface area (Å²) in [5.41, 5.74) is 8.02. The average molecular weight is 454 g/mol. The monoisotopic (exact) mass is 453 g/mol. The lowest BCUT2D eigenvalue weighted by Crippen LogP contribution is -2.25. The first kappa shape index (κ1) is 21.5. The minimum Gasteiger partial charge on any atom is -0.496 e. The number of hydrogen-bond donors (Lipinski definition) is 3. The first-order chi connectivity index (χ1) is 15.6. The van der Waals surface area contributed by atoms with Crippen LogP contribution in [0.1, 0.15) is 16.8 Å². The van der Waals surface area contributed by atoms with E-state index in [1.807, 2.05) is 24.3 Å². The predicted octanol–water partition coefficient (Wildman–Crippen LogP) is 2.98. The molecule has 4 aromatic rings. The number of aromatic nitrogens is 4. The molecule has 0 bridgehead atoms. The lowest BCUT2D eigenvalue weighted by atomic mass is 10.1. The van der Waals surface area contributed by atoms with Gasteiger partial charge in [0, 0.05) is 32.0 Å². The second-order valence-electron chi connectivity index (χ2n) is 6.81. The van der Waals surface area contributed by atoms with E-state index in [-0.39, 0.29) is 11.9 Å². The third kappa shape index (κ3) is 4.63. The van der Waals surface area contributed by atoms with Gasteiger partial charge in [-0.05, 0) is 30.7 Å². The van der Waals surface area contributed by atoms with Gasteiger partial charge in [-0.1, -0.05) is 23.5 Å². The Kier molecular flexibility index (Phi) is 6.47. The smallest absolute Gasteiger partial charge is 0.255 e. The summed E-state index contributed by atoms with van der Waals surface area (Å²) in [6.45, 7) is 1.10. The fourth-order valence-electron chi connectivity index (χ4n) is 3.07. The zero-order chi connectivity index (χ0) is 22.5. The van der Waals surface area contributed by atoms with Gasteiger partial charge in [-0.3, -0.25) is 4.79 Å². The van der Waals surface area contributed by atoms with E-state index in [0.717, 1.165) is 16.6 Å². The van der Waals surface area contributed by atoms with E-state index >= 15 is 0 Å². The lowest BCUT2D eigenvalue weighted by molar-refractivity contribution is 0.0945. The highest BCUT2D eigenvalue weighted by Gasteiger charge is 2.16. The van der Waals surface area contributed by atoms with Gasteiger partial charge in [-0.15, -0.1) is 5.10 Å². The van der Waals surface area contributed by atoms with E-state index in [9.17, 15) is 4.79 Å². The third-order valence-corrected chi connectivity index (χ3v) is 5.62. The molecule has 10 nitrogen and oxygen atoms in total. The largest absolute Gasteiger partial charge is 0.496 e. The normalized spacial score (nSPS) is 10.9. The van der Waals surface area contributed by atoms with Crippen molar-refractivity contribution in [3.63, 3.8) is 0 Å². The van der Waals surface area contributed by atoms with Crippen LogP contribution in [0, 0.1) is 0 Å². The number of nitrogens with one attached hydrogen (secondary N) is 2. The van der Waals surface area contributed by atoms with Crippen LogP contribution in [0.25, 0.3) is 15.3 Å². The summed E-state index contributed by atoms with van der Waals surface area (Å²) in [4.78, 5) is 21.3. The topological polar surface area (TPSA) is 129 Å². The SMILES string of the molecule is COCCCNC(=O)c1ccc(Nc2nc(N)n(-c3nc4ccccc4s3)n2)cc1OC. The van der Waals surface area contributed by atoms with Crippen molar-refractivity contribution in [2.24, 2.45) is 0 Å². The zero-order valence-electron chi connectivity index (χ0n) is 17.7. The van der Waals surface area contributed by atoms with Gasteiger partial charge < -0.3 is 25.8 Å². The van der Waals surface area contributed by atoms with Crippen LogP contribution in [0.2, 0.25) is 0 Å². The molecule has 4 rings (SSSR count). The summed E-state index contributed by atoms with van der Waals surface area (Å²) in [7, 11) is 3.14. The Morgan fingerprint density at radius 2 is 2.03 bits per heavy atom. The molecule has 2 heterocycles. The Morgan fingerprint density at radius 1 is 1.19 bits per heavy atom.